The second-order valence-corrected chi connectivity index (χ2v) is 4.35. The summed E-state index contributed by atoms with van der Waals surface area (Å²) in [5.41, 5.74) is 2.23. The smallest absolute Gasteiger partial charge is 0.274 e. The third-order valence-electron chi connectivity index (χ3n) is 2.83. The van der Waals surface area contributed by atoms with Gasteiger partial charge in [0.1, 0.15) is 5.82 Å². The van der Waals surface area contributed by atoms with Crippen LogP contribution in [0.25, 0.3) is 5.95 Å². The first-order valence-electron chi connectivity index (χ1n) is 6.02. The number of nitrogens with zero attached hydrogens (tertiary/aromatic N) is 3. The zero-order valence-corrected chi connectivity index (χ0v) is 11.2. The molecule has 0 radical (unpaired) electrons. The Morgan fingerprint density at radius 3 is 2.68 bits per heavy atom. The van der Waals surface area contributed by atoms with Crippen molar-refractivity contribution in [1.82, 2.24) is 19.7 Å². The number of hydrogen-bond donors (Lipinski definition) is 3. The van der Waals surface area contributed by atoms with E-state index in [1.807, 2.05) is 13.8 Å². The summed E-state index contributed by atoms with van der Waals surface area (Å²) in [4.78, 5) is 20.4. The van der Waals surface area contributed by atoms with E-state index in [0.29, 0.717) is 18.3 Å². The van der Waals surface area contributed by atoms with Crippen LogP contribution in [0.2, 0.25) is 0 Å². The van der Waals surface area contributed by atoms with E-state index in [1.54, 1.807) is 6.92 Å². The van der Waals surface area contributed by atoms with Crippen LogP contribution in [-0.4, -0.2) is 38.0 Å². The second kappa shape index (κ2) is 5.23. The van der Waals surface area contributed by atoms with Crippen molar-refractivity contribution in [2.75, 3.05) is 18.5 Å². The molecule has 0 saturated heterocycles. The van der Waals surface area contributed by atoms with Crippen LogP contribution in [0.4, 0.5) is 5.82 Å². The topological polar surface area (TPSA) is 95.8 Å². The summed E-state index contributed by atoms with van der Waals surface area (Å²) in [7, 11) is 0. The Bertz CT molecular complexity index is 644. The van der Waals surface area contributed by atoms with Crippen LogP contribution < -0.4 is 10.9 Å². The Kier molecular flexibility index (Phi) is 3.66. The summed E-state index contributed by atoms with van der Waals surface area (Å²) in [6.45, 7) is 5.95. The maximum absolute atomic E-state index is 11.8. The van der Waals surface area contributed by atoms with Crippen molar-refractivity contribution in [2.45, 2.75) is 20.8 Å². The molecule has 0 saturated carbocycles. The molecule has 0 aliphatic carbocycles. The molecule has 7 nitrogen and oxygen atoms in total. The molecule has 0 aliphatic heterocycles. The van der Waals surface area contributed by atoms with Gasteiger partial charge < -0.3 is 10.4 Å². The van der Waals surface area contributed by atoms with Crippen LogP contribution in [-0.2, 0) is 0 Å². The number of aliphatic hydroxyl groups excluding tert-OH is 1. The molecule has 0 unspecified atom stereocenters. The number of aromatic nitrogens is 4. The molecule has 0 atom stereocenters. The van der Waals surface area contributed by atoms with E-state index < -0.39 is 0 Å². The van der Waals surface area contributed by atoms with Gasteiger partial charge in [-0.05, 0) is 20.8 Å². The number of aliphatic hydroxyl groups is 1. The van der Waals surface area contributed by atoms with Crippen molar-refractivity contribution in [1.29, 1.82) is 0 Å². The molecule has 0 spiro atoms. The lowest BCUT2D eigenvalue weighted by Crippen LogP contribution is -2.19. The maximum Gasteiger partial charge on any atom is 0.274 e. The highest BCUT2D eigenvalue weighted by Crippen LogP contribution is 2.15. The standard InChI is InChI=1S/C12H17N5O2/c1-7-6-10(19)17(16-7)12-14-9(3)8(2)11(15-12)13-4-5-18/h6,16,18H,4-5H2,1-3H3,(H,13,14,15). The summed E-state index contributed by atoms with van der Waals surface area (Å²) >= 11 is 0. The van der Waals surface area contributed by atoms with Gasteiger partial charge >= 0.3 is 0 Å². The first-order valence-corrected chi connectivity index (χ1v) is 6.02. The summed E-state index contributed by atoms with van der Waals surface area (Å²) in [6, 6.07) is 1.49. The van der Waals surface area contributed by atoms with Crippen LogP contribution in [0.3, 0.4) is 0 Å². The predicted molar refractivity (Wildman–Crippen MR) is 71.8 cm³/mol. The fourth-order valence-corrected chi connectivity index (χ4v) is 1.72. The zero-order valence-electron chi connectivity index (χ0n) is 11.2. The van der Waals surface area contributed by atoms with Crippen molar-refractivity contribution < 1.29 is 5.11 Å². The minimum atomic E-state index is -0.200. The zero-order chi connectivity index (χ0) is 14.0. The minimum Gasteiger partial charge on any atom is -0.395 e. The van der Waals surface area contributed by atoms with Crippen molar-refractivity contribution in [3.8, 4) is 5.95 Å². The fourth-order valence-electron chi connectivity index (χ4n) is 1.72. The third-order valence-corrected chi connectivity index (χ3v) is 2.83. The average molecular weight is 263 g/mol. The highest BCUT2D eigenvalue weighted by molar-refractivity contribution is 5.47. The monoisotopic (exact) mass is 263 g/mol. The Labute approximate surface area is 110 Å². The first kappa shape index (κ1) is 13.3. The molecule has 0 fully saturated rings. The number of rotatable bonds is 4. The normalized spacial score (nSPS) is 10.7. The largest absolute Gasteiger partial charge is 0.395 e. The van der Waals surface area contributed by atoms with E-state index in [9.17, 15) is 4.79 Å². The number of anilines is 1. The molecule has 2 aromatic rings. The highest BCUT2D eigenvalue weighted by atomic mass is 16.3. The molecule has 19 heavy (non-hydrogen) atoms. The van der Waals surface area contributed by atoms with Crippen molar-refractivity contribution >= 4 is 5.82 Å². The fraction of sp³-hybridized carbons (Fsp3) is 0.417. The van der Waals surface area contributed by atoms with E-state index in [1.165, 1.54) is 10.7 Å². The first-order chi connectivity index (χ1) is 9.02. The molecule has 3 N–H and O–H groups in total. The third kappa shape index (κ3) is 2.65. The molecule has 0 aromatic carbocycles. The number of H-pyrrole nitrogens is 1. The van der Waals surface area contributed by atoms with Gasteiger partial charge in [-0.15, -0.1) is 0 Å². The molecule has 0 aliphatic rings. The van der Waals surface area contributed by atoms with Gasteiger partial charge in [0, 0.05) is 29.6 Å². The Morgan fingerprint density at radius 2 is 2.11 bits per heavy atom. The lowest BCUT2D eigenvalue weighted by molar-refractivity contribution is 0.311. The van der Waals surface area contributed by atoms with Crippen molar-refractivity contribution in [2.24, 2.45) is 0 Å². The summed E-state index contributed by atoms with van der Waals surface area (Å²) in [5.74, 6) is 0.914. The quantitative estimate of drug-likeness (QED) is 0.736. The van der Waals surface area contributed by atoms with E-state index in [-0.39, 0.29) is 12.2 Å². The van der Waals surface area contributed by atoms with E-state index >= 15 is 0 Å². The van der Waals surface area contributed by atoms with Crippen LogP contribution in [0.15, 0.2) is 10.9 Å². The lowest BCUT2D eigenvalue weighted by atomic mass is 10.2. The van der Waals surface area contributed by atoms with Gasteiger partial charge in [-0.2, -0.15) is 9.67 Å². The maximum atomic E-state index is 11.8. The SMILES string of the molecule is Cc1cc(=O)n(-c2nc(C)c(C)c(NCCO)n2)[nH]1. The van der Waals surface area contributed by atoms with Crippen molar-refractivity contribution in [3.63, 3.8) is 0 Å². The number of aryl methyl sites for hydroxylation is 2. The van der Waals surface area contributed by atoms with Crippen LogP contribution >= 0.6 is 0 Å². The van der Waals surface area contributed by atoms with Gasteiger partial charge in [-0.1, -0.05) is 0 Å². The molecule has 7 heteroatoms. The van der Waals surface area contributed by atoms with Gasteiger partial charge in [0.15, 0.2) is 0 Å². The van der Waals surface area contributed by atoms with Crippen LogP contribution in [0, 0.1) is 20.8 Å². The molecule has 0 amide bonds. The Hall–Kier alpha value is -2.15. The van der Waals surface area contributed by atoms with Gasteiger partial charge in [-0.3, -0.25) is 9.89 Å². The number of nitrogens with one attached hydrogen (secondary N) is 2. The lowest BCUT2D eigenvalue weighted by Gasteiger charge is -2.11. The van der Waals surface area contributed by atoms with E-state index in [2.05, 4.69) is 20.4 Å². The minimum absolute atomic E-state index is 0.0133. The Morgan fingerprint density at radius 1 is 1.37 bits per heavy atom. The molecule has 2 rings (SSSR count). The summed E-state index contributed by atoms with van der Waals surface area (Å²) in [6.07, 6.45) is 0. The molecule has 2 heterocycles. The molecular weight excluding hydrogens is 246 g/mol. The average Bonchev–Trinajstić information content (AvgIpc) is 2.70. The van der Waals surface area contributed by atoms with Gasteiger partial charge in [0.25, 0.3) is 11.5 Å². The molecule has 102 valence electrons. The van der Waals surface area contributed by atoms with Gasteiger partial charge in [0.05, 0.1) is 6.61 Å². The van der Waals surface area contributed by atoms with Crippen LogP contribution in [0.1, 0.15) is 17.0 Å². The molecular formula is C12H17N5O2. The summed E-state index contributed by atoms with van der Waals surface area (Å²) in [5, 5.41) is 14.8. The van der Waals surface area contributed by atoms with Crippen LogP contribution in [0.5, 0.6) is 0 Å². The number of aromatic amines is 1. The molecule has 0 bridgehead atoms. The Balaban J connectivity index is 2.50. The highest BCUT2D eigenvalue weighted by Gasteiger charge is 2.11. The number of hydrogen-bond acceptors (Lipinski definition) is 5. The van der Waals surface area contributed by atoms with Gasteiger partial charge in [-0.25, -0.2) is 4.98 Å². The van der Waals surface area contributed by atoms with E-state index in [0.717, 1.165) is 17.0 Å². The molecule has 2 aromatic heterocycles. The predicted octanol–water partition coefficient (Wildman–Crippen LogP) is 0.285. The van der Waals surface area contributed by atoms with Gasteiger partial charge in [0.2, 0.25) is 0 Å². The van der Waals surface area contributed by atoms with Crippen molar-refractivity contribution in [3.05, 3.63) is 33.4 Å². The summed E-state index contributed by atoms with van der Waals surface area (Å²) < 4.78 is 1.30. The second-order valence-electron chi connectivity index (χ2n) is 4.35. The van der Waals surface area contributed by atoms with E-state index in [4.69, 9.17) is 5.11 Å².